The maximum absolute atomic E-state index is 10.9. The van der Waals surface area contributed by atoms with Gasteiger partial charge in [0.1, 0.15) is 0 Å². The average molecular weight is 168 g/mol. The Balaban J connectivity index is 2.77. The van der Waals surface area contributed by atoms with Gasteiger partial charge in [0.25, 0.3) is 17.1 Å². The van der Waals surface area contributed by atoms with Crippen molar-refractivity contribution in [2.75, 3.05) is 0 Å². The fourth-order valence-corrected chi connectivity index (χ4v) is 1.00. The molecule has 0 spiro atoms. The van der Waals surface area contributed by atoms with Crippen LogP contribution in [0.1, 0.15) is 10.4 Å². The minimum atomic E-state index is -0.263. The number of carbonyl (C=O) groups excluding carboxylic acids is 1. The number of hydrogen-bond acceptors (Lipinski definition) is 3. The molecular weight excluding hydrogens is 162 g/mol. The third-order valence-corrected chi connectivity index (χ3v) is 1.65. The van der Waals surface area contributed by atoms with E-state index in [-0.39, 0.29) is 5.12 Å². The van der Waals surface area contributed by atoms with Crippen LogP contribution in [-0.2, 0) is 0 Å². The van der Waals surface area contributed by atoms with Crippen molar-refractivity contribution in [3.63, 3.8) is 0 Å². The summed E-state index contributed by atoms with van der Waals surface area (Å²) in [5.74, 6) is 0. The summed E-state index contributed by atoms with van der Waals surface area (Å²) in [5, 5.41) is -0.263. The first-order valence-corrected chi connectivity index (χ1v) is 3.79. The molecule has 11 heavy (non-hydrogen) atoms. The lowest BCUT2D eigenvalue weighted by atomic mass is 10.2. The third kappa shape index (κ3) is 2.16. The Labute approximate surface area is 67.9 Å². The van der Waals surface area contributed by atoms with Crippen LogP contribution in [0.25, 0.3) is 0 Å². The van der Waals surface area contributed by atoms with E-state index < -0.39 is 0 Å². The van der Waals surface area contributed by atoms with Crippen molar-refractivity contribution in [2.45, 2.75) is 0 Å². The monoisotopic (exact) mass is 168 g/mol. The third-order valence-electron chi connectivity index (χ3n) is 1.14. The van der Waals surface area contributed by atoms with Crippen molar-refractivity contribution >= 4 is 17.1 Å². The maximum atomic E-state index is 10.9. The van der Waals surface area contributed by atoms with E-state index in [2.05, 4.69) is 0 Å². The van der Waals surface area contributed by atoms with Gasteiger partial charge in [-0.3, -0.25) is 4.79 Å². The number of carbonyl (C=O) groups is 1. The summed E-state index contributed by atoms with van der Waals surface area (Å²) < 4.78 is 1.48. The van der Waals surface area contributed by atoms with Gasteiger partial charge in [0.05, 0.1) is 4.58 Å². The lowest BCUT2D eigenvalue weighted by Crippen LogP contribution is -2.54. The van der Waals surface area contributed by atoms with Crippen LogP contribution in [0.2, 0.25) is 0 Å². The summed E-state index contributed by atoms with van der Waals surface area (Å²) in [7, 11) is 0. The Morgan fingerprint density at radius 1 is 1.27 bits per heavy atom. The molecule has 4 heteroatoms. The van der Waals surface area contributed by atoms with Gasteiger partial charge >= 0.3 is 0 Å². The molecule has 1 rings (SSSR count). The van der Waals surface area contributed by atoms with E-state index in [1.165, 1.54) is 4.58 Å². The van der Waals surface area contributed by atoms with Gasteiger partial charge in [0.2, 0.25) is 0 Å². The van der Waals surface area contributed by atoms with Crippen LogP contribution in [0.5, 0.6) is 0 Å². The minimum absolute atomic E-state index is 0.263. The smallest absolute Gasteiger partial charge is 0.275 e. The molecule has 0 unspecified atom stereocenters. The number of hydrogen-bond donors (Lipinski definition) is 1. The minimum Gasteiger partial charge on any atom is -0.275 e. The second-order valence-electron chi connectivity index (χ2n) is 1.84. The van der Waals surface area contributed by atoms with Gasteiger partial charge in [-0.15, -0.1) is 0 Å². The molecule has 0 aliphatic rings. The molecule has 56 valence electrons. The molecule has 1 N–H and O–H groups in total. The second-order valence-corrected chi connectivity index (χ2v) is 2.58. The molecule has 0 saturated heterocycles. The molecular formula is C7H6NO2S+. The molecule has 0 fully saturated rings. The quantitative estimate of drug-likeness (QED) is 0.647. The number of benzene rings is 1. The Bertz CT molecular complexity index is 260. The van der Waals surface area contributed by atoms with Gasteiger partial charge in [-0.2, -0.15) is 0 Å². The number of nitrogens with one attached hydrogen (secondary N) is 1. The van der Waals surface area contributed by atoms with Crippen molar-refractivity contribution in [1.29, 1.82) is 0 Å². The summed E-state index contributed by atoms with van der Waals surface area (Å²) in [6.45, 7) is 0. The molecule has 3 nitrogen and oxygen atoms in total. The molecule has 0 bridgehead atoms. The highest BCUT2D eigenvalue weighted by Gasteiger charge is 2.10. The fraction of sp³-hybridized carbons (Fsp3) is 0. The van der Waals surface area contributed by atoms with Gasteiger partial charge in [-0.25, -0.2) is 0 Å². The molecule has 0 amide bonds. The molecule has 0 aliphatic heterocycles. The zero-order valence-corrected chi connectivity index (χ0v) is 6.43. The molecule has 0 aromatic heterocycles. The van der Waals surface area contributed by atoms with Gasteiger partial charge < -0.3 is 0 Å². The Hall–Kier alpha value is -1.16. The van der Waals surface area contributed by atoms with Crippen molar-refractivity contribution < 1.29 is 9.38 Å². The van der Waals surface area contributed by atoms with Crippen molar-refractivity contribution in [3.05, 3.63) is 40.8 Å². The predicted octanol–water partition coefficient (Wildman–Crippen LogP) is 0.322. The lowest BCUT2D eigenvalue weighted by molar-refractivity contribution is -0.269. The van der Waals surface area contributed by atoms with Crippen LogP contribution >= 0.6 is 11.9 Å². The molecule has 1 aromatic rings. The topological polar surface area (TPSA) is 48.1 Å². The van der Waals surface area contributed by atoms with Crippen molar-refractivity contribution in [1.82, 2.24) is 0 Å². The summed E-state index contributed by atoms with van der Waals surface area (Å²) in [5.41, 5.74) is 0.529. The van der Waals surface area contributed by atoms with E-state index in [0.717, 1.165) is 0 Å². The van der Waals surface area contributed by atoms with Crippen molar-refractivity contribution in [2.24, 2.45) is 0 Å². The first kappa shape index (κ1) is 7.94. The van der Waals surface area contributed by atoms with Crippen LogP contribution < -0.4 is 4.58 Å². The van der Waals surface area contributed by atoms with Gasteiger partial charge in [0.15, 0.2) is 0 Å². The highest BCUT2D eigenvalue weighted by atomic mass is 32.2. The molecule has 0 saturated carbocycles. The van der Waals surface area contributed by atoms with Gasteiger partial charge in [-0.1, -0.05) is 30.3 Å². The molecule has 0 atom stereocenters. The van der Waals surface area contributed by atoms with E-state index in [1.807, 2.05) is 6.07 Å². The summed E-state index contributed by atoms with van der Waals surface area (Å²) in [6.07, 6.45) is 0. The van der Waals surface area contributed by atoms with Gasteiger partial charge in [-0.05, 0) is 0 Å². The standard InChI is InChI=1S/C7H5NO2S/c9-7(11-8-10)6-4-2-1-3-5-6/h1-5H/p+1. The molecule has 0 aliphatic carbocycles. The van der Waals surface area contributed by atoms with E-state index in [9.17, 15) is 9.70 Å². The Kier molecular flexibility index (Phi) is 2.80. The highest BCUT2D eigenvalue weighted by molar-refractivity contribution is 8.08. The van der Waals surface area contributed by atoms with Crippen molar-refractivity contribution in [3.8, 4) is 0 Å². The summed E-state index contributed by atoms with van der Waals surface area (Å²) in [6, 6.07) is 8.63. The van der Waals surface area contributed by atoms with Crippen LogP contribution in [0, 0.1) is 4.91 Å². The SMILES string of the molecule is O=[NH+]SC(=O)c1ccccc1. The van der Waals surface area contributed by atoms with Crippen LogP contribution in [0.3, 0.4) is 0 Å². The predicted molar refractivity (Wildman–Crippen MR) is 42.7 cm³/mol. The Morgan fingerprint density at radius 3 is 2.45 bits per heavy atom. The van der Waals surface area contributed by atoms with Crippen LogP contribution in [0.4, 0.5) is 0 Å². The molecule has 0 radical (unpaired) electrons. The second kappa shape index (κ2) is 3.88. The van der Waals surface area contributed by atoms with E-state index >= 15 is 0 Å². The maximum Gasteiger partial charge on any atom is 0.292 e. The zero-order chi connectivity index (χ0) is 8.10. The van der Waals surface area contributed by atoms with Crippen LogP contribution in [-0.4, -0.2) is 5.12 Å². The lowest BCUT2D eigenvalue weighted by Gasteiger charge is -1.88. The largest absolute Gasteiger partial charge is 0.292 e. The van der Waals surface area contributed by atoms with E-state index in [0.29, 0.717) is 17.5 Å². The molecule has 0 heterocycles. The first-order valence-electron chi connectivity index (χ1n) is 2.98. The normalized spacial score (nSPS) is 9.09. The zero-order valence-electron chi connectivity index (χ0n) is 5.61. The number of rotatable bonds is 2. The summed E-state index contributed by atoms with van der Waals surface area (Å²) >= 11 is 0.540. The summed E-state index contributed by atoms with van der Waals surface area (Å²) in [4.78, 5) is 20.8. The Morgan fingerprint density at radius 2 is 1.91 bits per heavy atom. The fourth-order valence-electron chi connectivity index (χ4n) is 0.671. The molecule has 1 aromatic carbocycles. The van der Waals surface area contributed by atoms with E-state index in [1.54, 1.807) is 24.3 Å². The van der Waals surface area contributed by atoms with Crippen LogP contribution in [0.15, 0.2) is 30.3 Å². The van der Waals surface area contributed by atoms with Gasteiger partial charge in [0, 0.05) is 10.5 Å². The first-order chi connectivity index (χ1) is 5.34. The number of nitroso groups, excluding NO2 is 1. The average Bonchev–Trinajstić information content (AvgIpc) is 2.07. The van der Waals surface area contributed by atoms with E-state index in [4.69, 9.17) is 0 Å². The highest BCUT2D eigenvalue weighted by Crippen LogP contribution is 2.04.